The second kappa shape index (κ2) is 7.49. The summed E-state index contributed by atoms with van der Waals surface area (Å²) in [5, 5.41) is 1.88. The summed E-state index contributed by atoms with van der Waals surface area (Å²) in [4.78, 5) is 36.8. The molecular formula is C26H27NO3S. The first-order valence-electron chi connectivity index (χ1n) is 10.5. The highest BCUT2D eigenvalue weighted by Crippen LogP contribution is 2.46. The first-order valence-corrected chi connectivity index (χ1v) is 11.3. The maximum absolute atomic E-state index is 13.3. The number of hydrogen-bond acceptors (Lipinski definition) is 4. The van der Waals surface area contributed by atoms with Crippen molar-refractivity contribution in [3.8, 4) is 0 Å². The van der Waals surface area contributed by atoms with Crippen LogP contribution >= 0.6 is 11.8 Å². The van der Waals surface area contributed by atoms with E-state index >= 15 is 0 Å². The van der Waals surface area contributed by atoms with Crippen LogP contribution in [0, 0.1) is 6.92 Å². The van der Waals surface area contributed by atoms with E-state index in [9.17, 15) is 14.4 Å². The molecular weight excluding hydrogens is 406 g/mol. The summed E-state index contributed by atoms with van der Waals surface area (Å²) in [6.45, 7) is 11.1. The molecule has 0 radical (unpaired) electrons. The number of rotatable bonds is 3. The van der Waals surface area contributed by atoms with Crippen LogP contribution in [0.3, 0.4) is 0 Å². The Morgan fingerprint density at radius 3 is 2.10 bits per heavy atom. The molecule has 2 aliphatic rings. The Hall–Kier alpha value is -2.66. The van der Waals surface area contributed by atoms with E-state index in [2.05, 4.69) is 45.1 Å². The predicted molar refractivity (Wildman–Crippen MR) is 125 cm³/mol. The van der Waals surface area contributed by atoms with Gasteiger partial charge in [0.1, 0.15) is 0 Å². The monoisotopic (exact) mass is 433 g/mol. The Bertz CT molecular complexity index is 1140. The van der Waals surface area contributed by atoms with Crippen molar-refractivity contribution in [2.75, 3.05) is 0 Å². The van der Waals surface area contributed by atoms with E-state index in [1.54, 1.807) is 30.3 Å². The minimum atomic E-state index is -0.384. The Labute approximate surface area is 187 Å². The molecule has 1 saturated heterocycles. The molecule has 0 spiro atoms. The summed E-state index contributed by atoms with van der Waals surface area (Å²) in [5.41, 5.74) is 5.89. The van der Waals surface area contributed by atoms with Crippen LogP contribution in [0.5, 0.6) is 0 Å². The second-order valence-electron chi connectivity index (χ2n) is 9.78. The Morgan fingerprint density at radius 2 is 1.55 bits per heavy atom. The molecule has 1 N–H and O–H groups in total. The van der Waals surface area contributed by atoms with Crippen molar-refractivity contribution in [2.24, 2.45) is 0 Å². The Kier molecular flexibility index (Phi) is 5.21. The smallest absolute Gasteiger partial charge is 0.289 e. The van der Waals surface area contributed by atoms with Gasteiger partial charge in [0.25, 0.3) is 11.1 Å². The van der Waals surface area contributed by atoms with Crippen LogP contribution in [0.25, 0.3) is 6.08 Å². The maximum Gasteiger partial charge on any atom is 0.290 e. The Balaban J connectivity index is 1.67. The number of thioether (sulfide) groups is 1. The van der Waals surface area contributed by atoms with E-state index in [4.69, 9.17) is 0 Å². The van der Waals surface area contributed by atoms with Crippen LogP contribution in [-0.2, 0) is 15.6 Å². The fourth-order valence-electron chi connectivity index (χ4n) is 4.43. The lowest BCUT2D eigenvalue weighted by Crippen LogP contribution is -2.34. The summed E-state index contributed by atoms with van der Waals surface area (Å²) >= 11 is 0.885. The van der Waals surface area contributed by atoms with E-state index in [0.29, 0.717) is 10.5 Å². The van der Waals surface area contributed by atoms with Gasteiger partial charge in [-0.15, -0.1) is 0 Å². The van der Waals surface area contributed by atoms with Crippen molar-refractivity contribution in [1.82, 2.24) is 5.32 Å². The molecule has 1 heterocycles. The van der Waals surface area contributed by atoms with Crippen LogP contribution in [0.1, 0.15) is 78.7 Å². The van der Waals surface area contributed by atoms with Gasteiger partial charge in [-0.25, -0.2) is 0 Å². The maximum atomic E-state index is 13.3. The van der Waals surface area contributed by atoms with Crippen molar-refractivity contribution >= 4 is 34.8 Å². The molecule has 5 heteroatoms. The number of nitrogens with one attached hydrogen (secondary N) is 1. The molecule has 160 valence electrons. The molecule has 31 heavy (non-hydrogen) atoms. The number of carbonyl (C=O) groups excluding carboxylic acids is 3. The van der Waals surface area contributed by atoms with Gasteiger partial charge in [0.2, 0.25) is 0 Å². The van der Waals surface area contributed by atoms with Crippen molar-refractivity contribution in [2.45, 2.75) is 58.3 Å². The first-order chi connectivity index (χ1) is 14.5. The number of amides is 2. The zero-order chi connectivity index (χ0) is 22.6. The highest BCUT2D eigenvalue weighted by atomic mass is 32.2. The molecule has 0 unspecified atom stereocenters. The highest BCUT2D eigenvalue weighted by Gasteiger charge is 2.37. The van der Waals surface area contributed by atoms with E-state index in [0.717, 1.165) is 41.3 Å². The third kappa shape index (κ3) is 3.99. The fraction of sp³-hybridized carbons (Fsp3) is 0.346. The van der Waals surface area contributed by atoms with Crippen LogP contribution in [-0.4, -0.2) is 16.9 Å². The molecule has 0 bridgehead atoms. The molecule has 4 nitrogen and oxygen atoms in total. The first kappa shape index (κ1) is 21.6. The average Bonchev–Trinajstić information content (AvgIpc) is 3.02. The number of benzene rings is 2. The minimum absolute atomic E-state index is 0.00171. The molecule has 2 amide bonds. The molecule has 2 aromatic carbocycles. The SMILES string of the molecule is Cc1cc2c(cc1C(=O)c1ccc(/C=C3/SC(=O)NC3=O)cc1)C(C)(C)CCC2(C)C. The number of carbonyl (C=O) groups is 3. The van der Waals surface area contributed by atoms with Crippen LogP contribution in [0.15, 0.2) is 41.3 Å². The normalized spacial score (nSPS) is 20.5. The van der Waals surface area contributed by atoms with Crippen molar-refractivity contribution in [3.05, 3.63) is 74.7 Å². The Morgan fingerprint density at radius 1 is 0.968 bits per heavy atom. The molecule has 2 aromatic rings. The van der Waals surface area contributed by atoms with Gasteiger partial charge in [0.05, 0.1) is 4.91 Å². The number of ketones is 1. The van der Waals surface area contributed by atoms with Crippen LogP contribution in [0.4, 0.5) is 4.79 Å². The summed E-state index contributed by atoms with van der Waals surface area (Å²) < 4.78 is 0. The molecule has 0 atom stereocenters. The van der Waals surface area contributed by atoms with Crippen molar-refractivity contribution in [1.29, 1.82) is 0 Å². The zero-order valence-corrected chi connectivity index (χ0v) is 19.4. The second-order valence-corrected chi connectivity index (χ2v) is 10.8. The fourth-order valence-corrected chi connectivity index (χ4v) is 5.11. The molecule has 0 aromatic heterocycles. The van der Waals surface area contributed by atoms with Gasteiger partial charge in [0, 0.05) is 11.1 Å². The van der Waals surface area contributed by atoms with Gasteiger partial charge in [-0.2, -0.15) is 0 Å². The lowest BCUT2D eigenvalue weighted by molar-refractivity contribution is -0.115. The number of fused-ring (bicyclic) bond motifs is 1. The largest absolute Gasteiger partial charge is 0.290 e. The lowest BCUT2D eigenvalue weighted by atomic mass is 9.62. The molecule has 1 fully saturated rings. The van der Waals surface area contributed by atoms with E-state index in [-0.39, 0.29) is 27.8 Å². The summed E-state index contributed by atoms with van der Waals surface area (Å²) in [6, 6.07) is 11.5. The standard InChI is InChI=1S/C26H27NO3S/c1-15-12-19-20(26(4,5)11-10-25(19,2)3)14-18(15)22(28)17-8-6-16(7-9-17)13-21-23(29)27-24(30)31-21/h6-9,12-14H,10-11H2,1-5H3,(H,27,29,30)/b21-13+. The van der Waals surface area contributed by atoms with Crippen molar-refractivity contribution in [3.63, 3.8) is 0 Å². The summed E-state index contributed by atoms with van der Waals surface area (Å²) in [7, 11) is 0. The highest BCUT2D eigenvalue weighted by molar-refractivity contribution is 8.18. The van der Waals surface area contributed by atoms with Gasteiger partial charge in [-0.05, 0) is 76.8 Å². The van der Waals surface area contributed by atoms with E-state index in [1.807, 2.05) is 6.92 Å². The van der Waals surface area contributed by atoms with Gasteiger partial charge in [-0.3, -0.25) is 19.7 Å². The van der Waals surface area contributed by atoms with Gasteiger partial charge in [0.15, 0.2) is 5.78 Å². The quantitative estimate of drug-likeness (QED) is 0.484. The lowest BCUT2D eigenvalue weighted by Gasteiger charge is -2.42. The minimum Gasteiger partial charge on any atom is -0.289 e. The van der Waals surface area contributed by atoms with Gasteiger partial charge < -0.3 is 0 Å². The van der Waals surface area contributed by atoms with Crippen LogP contribution in [0.2, 0.25) is 0 Å². The average molecular weight is 434 g/mol. The van der Waals surface area contributed by atoms with Crippen LogP contribution < -0.4 is 5.32 Å². The third-order valence-corrected chi connectivity index (χ3v) is 7.37. The third-order valence-electron chi connectivity index (χ3n) is 6.56. The molecule has 4 rings (SSSR count). The topological polar surface area (TPSA) is 63.2 Å². The predicted octanol–water partition coefficient (Wildman–Crippen LogP) is 5.90. The molecule has 0 saturated carbocycles. The van der Waals surface area contributed by atoms with E-state index in [1.165, 1.54) is 11.1 Å². The number of hydrogen-bond donors (Lipinski definition) is 1. The number of aryl methyl sites for hydroxylation is 1. The number of imide groups is 1. The van der Waals surface area contributed by atoms with E-state index < -0.39 is 0 Å². The zero-order valence-electron chi connectivity index (χ0n) is 18.6. The van der Waals surface area contributed by atoms with Gasteiger partial charge >= 0.3 is 0 Å². The molecule has 1 aliphatic carbocycles. The summed E-state index contributed by atoms with van der Waals surface area (Å²) in [6.07, 6.45) is 3.90. The van der Waals surface area contributed by atoms with Gasteiger partial charge in [-0.1, -0.05) is 58.0 Å². The van der Waals surface area contributed by atoms with Crippen molar-refractivity contribution < 1.29 is 14.4 Å². The summed E-state index contributed by atoms with van der Waals surface area (Å²) in [5.74, 6) is -0.382. The molecule has 1 aliphatic heterocycles.